The summed E-state index contributed by atoms with van der Waals surface area (Å²) in [4.78, 5) is 5.43. The number of benzene rings is 1. The Hall–Kier alpha value is -0.900. The van der Waals surface area contributed by atoms with Gasteiger partial charge in [-0.1, -0.05) is 30.7 Å². The molecule has 1 N–H and O–H groups in total. The van der Waals surface area contributed by atoms with E-state index in [1.807, 2.05) is 0 Å². The Balaban J connectivity index is 1.43. The molecule has 3 heteroatoms. The highest BCUT2D eigenvalue weighted by Crippen LogP contribution is 2.26. The third-order valence-electron chi connectivity index (χ3n) is 5.58. The molecule has 2 unspecified atom stereocenters. The van der Waals surface area contributed by atoms with Crippen molar-refractivity contribution >= 4 is 0 Å². The van der Waals surface area contributed by atoms with Crippen LogP contribution in [0.25, 0.3) is 0 Å². The Morgan fingerprint density at radius 1 is 1.10 bits per heavy atom. The van der Waals surface area contributed by atoms with Crippen LogP contribution in [0.1, 0.15) is 36.4 Å². The van der Waals surface area contributed by atoms with Gasteiger partial charge >= 0.3 is 0 Å². The average Bonchev–Trinajstić information content (AvgIpc) is 2.55. The molecule has 1 aromatic rings. The molecule has 21 heavy (non-hydrogen) atoms. The molecule has 2 atom stereocenters. The first-order valence-electron chi connectivity index (χ1n) is 8.68. The fourth-order valence-corrected chi connectivity index (χ4v) is 4.40. The van der Waals surface area contributed by atoms with Crippen LogP contribution in [0.15, 0.2) is 24.3 Å². The maximum atomic E-state index is 3.74. The van der Waals surface area contributed by atoms with Crippen LogP contribution in [0.4, 0.5) is 0 Å². The van der Waals surface area contributed by atoms with Gasteiger partial charge in [-0.2, -0.15) is 0 Å². The lowest BCUT2D eigenvalue weighted by Gasteiger charge is -2.45. The lowest BCUT2D eigenvalue weighted by atomic mass is 9.93. The summed E-state index contributed by atoms with van der Waals surface area (Å²) in [6.45, 7) is 7.45. The van der Waals surface area contributed by atoms with Crippen LogP contribution in [0.3, 0.4) is 0 Å². The standard InChI is InChI=1S/C18H27N3/c1-2-7-17-15(5-1)8-9-19-18(17)14-20-11-12-21-10-4-3-6-16(21)13-20/h1-2,5,7,16,18-19H,3-4,6,8-14H2. The topological polar surface area (TPSA) is 18.5 Å². The van der Waals surface area contributed by atoms with Crippen molar-refractivity contribution in [2.45, 2.75) is 37.8 Å². The Bertz CT molecular complexity index is 487. The van der Waals surface area contributed by atoms with Gasteiger partial charge in [0.05, 0.1) is 0 Å². The lowest BCUT2D eigenvalue weighted by molar-refractivity contribution is 0.0443. The maximum Gasteiger partial charge on any atom is 0.0452 e. The van der Waals surface area contributed by atoms with Crippen molar-refractivity contribution in [3.8, 4) is 0 Å². The number of nitrogens with one attached hydrogen (secondary N) is 1. The van der Waals surface area contributed by atoms with Crippen LogP contribution in [0.2, 0.25) is 0 Å². The van der Waals surface area contributed by atoms with E-state index in [1.165, 1.54) is 64.0 Å². The van der Waals surface area contributed by atoms with E-state index in [9.17, 15) is 0 Å². The van der Waals surface area contributed by atoms with Crippen LogP contribution in [-0.4, -0.2) is 55.1 Å². The summed E-state index contributed by atoms with van der Waals surface area (Å²) in [5.74, 6) is 0. The number of hydrogen-bond donors (Lipinski definition) is 1. The maximum absolute atomic E-state index is 3.74. The predicted molar refractivity (Wildman–Crippen MR) is 86.5 cm³/mol. The van der Waals surface area contributed by atoms with Crippen LogP contribution in [-0.2, 0) is 6.42 Å². The molecule has 2 saturated heterocycles. The monoisotopic (exact) mass is 285 g/mol. The quantitative estimate of drug-likeness (QED) is 0.897. The molecule has 3 aliphatic rings. The minimum absolute atomic E-state index is 0.532. The second kappa shape index (κ2) is 6.07. The molecule has 2 fully saturated rings. The van der Waals surface area contributed by atoms with Crippen molar-refractivity contribution < 1.29 is 0 Å². The van der Waals surface area contributed by atoms with Gasteiger partial charge in [-0.05, 0) is 43.5 Å². The van der Waals surface area contributed by atoms with Gasteiger partial charge < -0.3 is 5.32 Å². The first-order chi connectivity index (χ1) is 10.4. The molecular weight excluding hydrogens is 258 g/mol. The highest BCUT2D eigenvalue weighted by Gasteiger charge is 2.30. The fourth-order valence-electron chi connectivity index (χ4n) is 4.40. The van der Waals surface area contributed by atoms with Crippen molar-refractivity contribution in [2.75, 3.05) is 39.3 Å². The van der Waals surface area contributed by atoms with Crippen molar-refractivity contribution in [1.82, 2.24) is 15.1 Å². The number of nitrogens with zero attached hydrogens (tertiary/aromatic N) is 2. The van der Waals surface area contributed by atoms with Gasteiger partial charge in [0.1, 0.15) is 0 Å². The normalized spacial score (nSPS) is 30.7. The second-order valence-corrected chi connectivity index (χ2v) is 6.90. The molecule has 0 spiro atoms. The van der Waals surface area contributed by atoms with Crippen molar-refractivity contribution in [3.05, 3.63) is 35.4 Å². The van der Waals surface area contributed by atoms with E-state index in [2.05, 4.69) is 39.4 Å². The van der Waals surface area contributed by atoms with Crippen LogP contribution in [0, 0.1) is 0 Å². The number of piperidine rings is 1. The van der Waals surface area contributed by atoms with Gasteiger partial charge in [0, 0.05) is 38.3 Å². The SMILES string of the molecule is c1ccc2c(c1)CCNC2CN1CCN2CCCCC2C1. The third-order valence-corrected chi connectivity index (χ3v) is 5.58. The molecule has 0 aliphatic carbocycles. The highest BCUT2D eigenvalue weighted by molar-refractivity contribution is 5.32. The molecule has 0 saturated carbocycles. The minimum Gasteiger partial charge on any atom is -0.309 e. The molecule has 0 aromatic heterocycles. The van der Waals surface area contributed by atoms with Crippen LogP contribution in [0.5, 0.6) is 0 Å². The summed E-state index contributed by atoms with van der Waals surface area (Å²) in [6.07, 6.45) is 5.43. The average molecular weight is 285 g/mol. The Kier molecular flexibility index (Phi) is 3.97. The first kappa shape index (κ1) is 13.7. The zero-order valence-corrected chi connectivity index (χ0v) is 12.9. The minimum atomic E-state index is 0.532. The van der Waals surface area contributed by atoms with Crippen molar-refractivity contribution in [3.63, 3.8) is 0 Å². The lowest BCUT2D eigenvalue weighted by Crippen LogP contribution is -2.56. The summed E-state index contributed by atoms with van der Waals surface area (Å²) >= 11 is 0. The van der Waals surface area contributed by atoms with Gasteiger partial charge in [0.15, 0.2) is 0 Å². The molecular formula is C18H27N3. The summed E-state index contributed by atoms with van der Waals surface area (Å²) < 4.78 is 0. The van der Waals surface area contributed by atoms with E-state index in [0.29, 0.717) is 6.04 Å². The Labute approximate surface area is 128 Å². The predicted octanol–water partition coefficient (Wildman–Crippen LogP) is 2.04. The number of piperazine rings is 1. The fraction of sp³-hybridized carbons (Fsp3) is 0.667. The smallest absolute Gasteiger partial charge is 0.0452 e. The van der Waals surface area contributed by atoms with E-state index in [-0.39, 0.29) is 0 Å². The van der Waals surface area contributed by atoms with E-state index in [0.717, 1.165) is 12.6 Å². The Morgan fingerprint density at radius 3 is 3.05 bits per heavy atom. The van der Waals surface area contributed by atoms with Crippen molar-refractivity contribution in [2.24, 2.45) is 0 Å². The zero-order valence-electron chi connectivity index (χ0n) is 12.9. The van der Waals surface area contributed by atoms with Crippen LogP contribution < -0.4 is 5.32 Å². The van der Waals surface area contributed by atoms with Gasteiger partial charge in [0.2, 0.25) is 0 Å². The largest absolute Gasteiger partial charge is 0.309 e. The first-order valence-corrected chi connectivity index (χ1v) is 8.68. The molecule has 1 aromatic carbocycles. The summed E-state index contributed by atoms with van der Waals surface area (Å²) in [5.41, 5.74) is 3.09. The van der Waals surface area contributed by atoms with Gasteiger partial charge in [-0.15, -0.1) is 0 Å². The summed E-state index contributed by atoms with van der Waals surface area (Å²) in [7, 11) is 0. The van der Waals surface area contributed by atoms with E-state index in [1.54, 1.807) is 5.56 Å². The summed E-state index contributed by atoms with van der Waals surface area (Å²) in [5, 5.41) is 3.74. The molecule has 3 nitrogen and oxygen atoms in total. The highest BCUT2D eigenvalue weighted by atomic mass is 15.3. The second-order valence-electron chi connectivity index (χ2n) is 6.90. The molecule has 114 valence electrons. The molecule has 4 rings (SSSR count). The number of rotatable bonds is 2. The Morgan fingerprint density at radius 2 is 2.05 bits per heavy atom. The molecule has 0 bridgehead atoms. The van der Waals surface area contributed by atoms with Gasteiger partial charge in [-0.25, -0.2) is 0 Å². The van der Waals surface area contributed by atoms with Crippen molar-refractivity contribution in [1.29, 1.82) is 0 Å². The van der Waals surface area contributed by atoms with Gasteiger partial charge in [-0.3, -0.25) is 9.80 Å². The van der Waals surface area contributed by atoms with Gasteiger partial charge in [0.25, 0.3) is 0 Å². The molecule has 3 aliphatic heterocycles. The van der Waals surface area contributed by atoms with Crippen LogP contribution >= 0.6 is 0 Å². The van der Waals surface area contributed by atoms with E-state index < -0.39 is 0 Å². The zero-order chi connectivity index (χ0) is 14.1. The van der Waals surface area contributed by atoms with E-state index in [4.69, 9.17) is 0 Å². The third kappa shape index (κ3) is 2.87. The number of fused-ring (bicyclic) bond motifs is 2. The summed E-state index contributed by atoms with van der Waals surface area (Å²) in [6, 6.07) is 10.4. The number of hydrogen-bond acceptors (Lipinski definition) is 3. The molecule has 0 amide bonds. The molecule has 0 radical (unpaired) electrons. The van der Waals surface area contributed by atoms with E-state index >= 15 is 0 Å². The molecule has 3 heterocycles.